The van der Waals surface area contributed by atoms with E-state index in [-0.39, 0.29) is 0 Å². The summed E-state index contributed by atoms with van der Waals surface area (Å²) in [4.78, 5) is 13.9. The number of likely N-dealkylation sites (tertiary alicyclic amines) is 1. The molecule has 0 atom stereocenters. The van der Waals surface area contributed by atoms with Crippen LogP contribution in [0.4, 0.5) is 0 Å². The van der Waals surface area contributed by atoms with Gasteiger partial charge in [0, 0.05) is 11.0 Å². The smallest absolute Gasteiger partial charge is 0.309 e. The number of hydrogen-bond donors (Lipinski definition) is 1. The van der Waals surface area contributed by atoms with Gasteiger partial charge in [-0.2, -0.15) is 0 Å². The molecule has 116 valence electrons. The number of hydrogen-bond acceptors (Lipinski definition) is 2. The Hall–Kier alpha value is -0.580. The molecular weight excluding hydrogens is 354 g/mol. The molecule has 1 saturated heterocycles. The average molecular weight is 375 g/mol. The molecule has 1 aliphatic rings. The van der Waals surface area contributed by atoms with Gasteiger partial charge < -0.3 is 5.11 Å². The Labute approximate surface area is 139 Å². The zero-order valence-corrected chi connectivity index (χ0v) is 14.6. The van der Waals surface area contributed by atoms with Gasteiger partial charge >= 0.3 is 5.97 Å². The van der Waals surface area contributed by atoms with E-state index in [9.17, 15) is 9.90 Å². The lowest BCUT2D eigenvalue weighted by Crippen LogP contribution is -2.44. The molecule has 3 nitrogen and oxygen atoms in total. The molecule has 0 unspecified atom stereocenters. The fraction of sp³-hybridized carbons (Fsp3) is 0.562. The van der Waals surface area contributed by atoms with Gasteiger partial charge in [-0.25, -0.2) is 0 Å². The van der Waals surface area contributed by atoms with Crippen LogP contribution in [0.3, 0.4) is 0 Å². The van der Waals surface area contributed by atoms with Crippen molar-refractivity contribution in [2.24, 2.45) is 5.41 Å². The second-order valence-corrected chi connectivity index (χ2v) is 7.12. The van der Waals surface area contributed by atoms with Crippen LogP contribution < -0.4 is 0 Å². The topological polar surface area (TPSA) is 40.5 Å². The van der Waals surface area contributed by atoms with Crippen molar-refractivity contribution in [3.8, 4) is 0 Å². The van der Waals surface area contributed by atoms with E-state index in [1.807, 2.05) is 18.2 Å². The number of carbonyl (C=O) groups is 1. The molecule has 1 aromatic rings. The molecule has 0 amide bonds. The minimum absolute atomic E-state index is 0.508. The van der Waals surface area contributed by atoms with Crippen molar-refractivity contribution in [1.29, 1.82) is 0 Å². The largest absolute Gasteiger partial charge is 0.481 e. The molecule has 1 fully saturated rings. The molecule has 1 aromatic carbocycles. The molecule has 21 heavy (non-hydrogen) atoms. The van der Waals surface area contributed by atoms with Crippen molar-refractivity contribution < 1.29 is 9.90 Å². The molecule has 1 aliphatic heterocycles. The second kappa shape index (κ2) is 7.12. The quantitative estimate of drug-likeness (QED) is 0.820. The van der Waals surface area contributed by atoms with Gasteiger partial charge in [0.1, 0.15) is 0 Å². The Morgan fingerprint density at radius 1 is 1.43 bits per heavy atom. The van der Waals surface area contributed by atoms with Crippen LogP contribution in [0.15, 0.2) is 22.7 Å². The summed E-state index contributed by atoms with van der Waals surface area (Å²) in [6, 6.07) is 5.95. The van der Waals surface area contributed by atoms with Gasteiger partial charge in [0.25, 0.3) is 0 Å². The van der Waals surface area contributed by atoms with Crippen molar-refractivity contribution in [1.82, 2.24) is 4.90 Å². The maximum absolute atomic E-state index is 11.6. The first kappa shape index (κ1) is 16.8. The standard InChI is InChI=1S/C16H21BrClNO2/c1-2-5-16(15(20)21)6-8-19(9-7-16)11-12-3-4-14(18)13(17)10-12/h3-4,10H,2,5-9,11H2,1H3,(H,20,21). The Morgan fingerprint density at radius 3 is 2.62 bits per heavy atom. The van der Waals surface area contributed by atoms with Crippen LogP contribution in [0.5, 0.6) is 0 Å². The minimum Gasteiger partial charge on any atom is -0.481 e. The van der Waals surface area contributed by atoms with Crippen molar-refractivity contribution in [3.05, 3.63) is 33.3 Å². The zero-order chi connectivity index (χ0) is 15.5. The van der Waals surface area contributed by atoms with E-state index in [1.165, 1.54) is 5.56 Å². The molecule has 0 spiro atoms. The predicted octanol–water partition coefficient (Wildman–Crippen LogP) is 4.57. The third-order valence-electron chi connectivity index (χ3n) is 4.39. The summed E-state index contributed by atoms with van der Waals surface area (Å²) in [6.45, 7) is 4.58. The van der Waals surface area contributed by atoms with Crippen LogP contribution in [-0.2, 0) is 11.3 Å². The van der Waals surface area contributed by atoms with E-state index in [0.717, 1.165) is 49.8 Å². The average Bonchev–Trinajstić information content (AvgIpc) is 2.45. The number of benzene rings is 1. The van der Waals surface area contributed by atoms with E-state index >= 15 is 0 Å². The first-order valence-corrected chi connectivity index (χ1v) is 8.53. The molecule has 5 heteroatoms. The van der Waals surface area contributed by atoms with Gasteiger partial charge in [-0.15, -0.1) is 0 Å². The first-order valence-electron chi connectivity index (χ1n) is 7.36. The maximum Gasteiger partial charge on any atom is 0.309 e. The van der Waals surface area contributed by atoms with E-state index in [0.29, 0.717) is 5.02 Å². The molecular formula is C16H21BrClNO2. The first-order chi connectivity index (χ1) is 9.97. The molecule has 0 saturated carbocycles. The van der Waals surface area contributed by atoms with Crippen LogP contribution in [0.2, 0.25) is 5.02 Å². The highest BCUT2D eigenvalue weighted by Gasteiger charge is 2.40. The van der Waals surface area contributed by atoms with Crippen molar-refractivity contribution in [2.45, 2.75) is 39.2 Å². The van der Waals surface area contributed by atoms with Gasteiger partial charge in [-0.1, -0.05) is 31.0 Å². The monoisotopic (exact) mass is 373 g/mol. The lowest BCUT2D eigenvalue weighted by Gasteiger charge is -2.38. The van der Waals surface area contributed by atoms with Gasteiger partial charge in [0.15, 0.2) is 0 Å². The fourth-order valence-electron chi connectivity index (χ4n) is 3.08. The molecule has 0 aliphatic carbocycles. The summed E-state index contributed by atoms with van der Waals surface area (Å²) in [5, 5.41) is 10.2. The molecule has 0 bridgehead atoms. The maximum atomic E-state index is 11.6. The number of nitrogens with zero attached hydrogens (tertiary/aromatic N) is 1. The summed E-state index contributed by atoms with van der Waals surface area (Å²) >= 11 is 9.45. The van der Waals surface area contributed by atoms with Crippen molar-refractivity contribution >= 4 is 33.5 Å². The van der Waals surface area contributed by atoms with Gasteiger partial charge in [-0.3, -0.25) is 9.69 Å². The highest BCUT2D eigenvalue weighted by molar-refractivity contribution is 9.10. The zero-order valence-electron chi connectivity index (χ0n) is 12.2. The Morgan fingerprint density at radius 2 is 2.10 bits per heavy atom. The van der Waals surface area contributed by atoms with E-state index in [4.69, 9.17) is 11.6 Å². The van der Waals surface area contributed by atoms with Crippen LogP contribution in [0, 0.1) is 5.41 Å². The lowest BCUT2D eigenvalue weighted by atomic mass is 9.75. The van der Waals surface area contributed by atoms with Crippen LogP contribution >= 0.6 is 27.5 Å². The van der Waals surface area contributed by atoms with Crippen LogP contribution in [0.1, 0.15) is 38.2 Å². The molecule has 2 rings (SSSR count). The molecule has 0 aromatic heterocycles. The number of carboxylic acid groups (broad SMARTS) is 1. The Kier molecular flexibility index (Phi) is 5.69. The second-order valence-electron chi connectivity index (χ2n) is 5.86. The summed E-state index contributed by atoms with van der Waals surface area (Å²) in [7, 11) is 0. The summed E-state index contributed by atoms with van der Waals surface area (Å²) in [6.07, 6.45) is 3.19. The number of rotatable bonds is 5. The fourth-order valence-corrected chi connectivity index (χ4v) is 3.63. The van der Waals surface area contributed by atoms with E-state index in [1.54, 1.807) is 0 Å². The van der Waals surface area contributed by atoms with E-state index < -0.39 is 11.4 Å². The van der Waals surface area contributed by atoms with Gasteiger partial charge in [0.2, 0.25) is 0 Å². The SMILES string of the molecule is CCCC1(C(=O)O)CCN(Cc2ccc(Cl)c(Br)c2)CC1. The Bertz CT molecular complexity index is 513. The van der Waals surface area contributed by atoms with E-state index in [2.05, 4.69) is 27.8 Å². The number of halogens is 2. The number of carboxylic acids is 1. The van der Waals surface area contributed by atoms with Gasteiger partial charge in [0.05, 0.1) is 10.4 Å². The summed E-state index contributed by atoms with van der Waals surface area (Å²) in [5.41, 5.74) is 0.691. The molecule has 1 N–H and O–H groups in total. The number of aliphatic carboxylic acids is 1. The van der Waals surface area contributed by atoms with Crippen molar-refractivity contribution in [3.63, 3.8) is 0 Å². The minimum atomic E-state index is -0.627. The third kappa shape index (κ3) is 3.99. The normalized spacial score (nSPS) is 18.6. The molecule has 0 radical (unpaired) electrons. The lowest BCUT2D eigenvalue weighted by molar-refractivity contribution is -0.152. The highest BCUT2D eigenvalue weighted by Crippen LogP contribution is 2.37. The molecule has 1 heterocycles. The number of piperidine rings is 1. The Balaban J connectivity index is 1.97. The summed E-state index contributed by atoms with van der Waals surface area (Å²) in [5.74, 6) is -0.627. The van der Waals surface area contributed by atoms with Gasteiger partial charge in [-0.05, 0) is 66.0 Å². The predicted molar refractivity (Wildman–Crippen MR) is 88.6 cm³/mol. The summed E-state index contributed by atoms with van der Waals surface area (Å²) < 4.78 is 0.907. The van der Waals surface area contributed by atoms with Crippen molar-refractivity contribution in [2.75, 3.05) is 13.1 Å². The van der Waals surface area contributed by atoms with Crippen LogP contribution in [0.25, 0.3) is 0 Å². The van der Waals surface area contributed by atoms with Crippen LogP contribution in [-0.4, -0.2) is 29.1 Å². The third-order valence-corrected chi connectivity index (χ3v) is 5.60. The highest BCUT2D eigenvalue weighted by atomic mass is 79.9.